The zero-order valence-electron chi connectivity index (χ0n) is 11.8. The zero-order chi connectivity index (χ0) is 14.8. The second kappa shape index (κ2) is 5.47. The number of carbonyl (C=O) groups is 1. The number of fused-ring (bicyclic) bond motifs is 1. The summed E-state index contributed by atoms with van der Waals surface area (Å²) in [6.07, 6.45) is 0.857. The maximum absolute atomic E-state index is 10.9. The van der Waals surface area contributed by atoms with Crippen molar-refractivity contribution in [3.63, 3.8) is 0 Å². The van der Waals surface area contributed by atoms with E-state index < -0.39 is 6.09 Å². The van der Waals surface area contributed by atoms with Gasteiger partial charge in [-0.15, -0.1) is 0 Å². The maximum atomic E-state index is 10.9. The smallest absolute Gasteiger partial charge is 0.407 e. The summed E-state index contributed by atoms with van der Waals surface area (Å²) >= 11 is 0. The van der Waals surface area contributed by atoms with Crippen LogP contribution in [-0.4, -0.2) is 54.4 Å². The van der Waals surface area contributed by atoms with Crippen molar-refractivity contribution in [1.82, 2.24) is 9.88 Å². The van der Waals surface area contributed by atoms with Crippen molar-refractivity contribution < 1.29 is 14.6 Å². The number of pyridine rings is 1. The van der Waals surface area contributed by atoms with E-state index >= 15 is 0 Å². The van der Waals surface area contributed by atoms with Gasteiger partial charge in [0.1, 0.15) is 5.75 Å². The van der Waals surface area contributed by atoms with Gasteiger partial charge in [0.25, 0.3) is 0 Å². The van der Waals surface area contributed by atoms with Gasteiger partial charge in [0.2, 0.25) is 0 Å². The monoisotopic (exact) mass is 287 g/mol. The summed E-state index contributed by atoms with van der Waals surface area (Å²) in [5.41, 5.74) is 1.99. The number of amides is 1. The van der Waals surface area contributed by atoms with Crippen molar-refractivity contribution in [3.8, 4) is 5.75 Å². The number of carboxylic acid groups (broad SMARTS) is 1. The first kappa shape index (κ1) is 13.5. The Morgan fingerprint density at radius 2 is 2.00 bits per heavy atom. The van der Waals surface area contributed by atoms with Crippen LogP contribution >= 0.6 is 0 Å². The number of aromatic nitrogens is 1. The molecule has 21 heavy (non-hydrogen) atoms. The maximum Gasteiger partial charge on any atom is 0.407 e. The standard InChI is InChI=1S/C15H17N3O3/c1-21-13-8-11-2-3-12(9-14(11)16-10-13)17-4-6-18(7-5-17)15(19)20/h2-3,8-10H,4-7H2,1H3,(H,19,20). The molecule has 1 N–H and O–H groups in total. The van der Waals surface area contributed by atoms with E-state index in [0.29, 0.717) is 26.2 Å². The molecule has 0 atom stereocenters. The lowest BCUT2D eigenvalue weighted by molar-refractivity contribution is 0.142. The minimum absolute atomic E-state index is 0.531. The van der Waals surface area contributed by atoms with Crippen LogP contribution in [0, 0.1) is 0 Å². The van der Waals surface area contributed by atoms with Crippen LogP contribution in [0.5, 0.6) is 5.75 Å². The average molecular weight is 287 g/mol. The lowest BCUT2D eigenvalue weighted by atomic mass is 10.1. The lowest BCUT2D eigenvalue weighted by Gasteiger charge is -2.34. The summed E-state index contributed by atoms with van der Waals surface area (Å²) in [7, 11) is 1.62. The van der Waals surface area contributed by atoms with Crippen LogP contribution in [-0.2, 0) is 0 Å². The Morgan fingerprint density at radius 3 is 2.67 bits per heavy atom. The fourth-order valence-corrected chi connectivity index (χ4v) is 2.55. The lowest BCUT2D eigenvalue weighted by Crippen LogP contribution is -2.48. The van der Waals surface area contributed by atoms with E-state index in [1.54, 1.807) is 13.3 Å². The molecule has 1 fully saturated rings. The first-order valence-corrected chi connectivity index (χ1v) is 6.84. The van der Waals surface area contributed by atoms with E-state index in [1.807, 2.05) is 24.3 Å². The molecule has 0 saturated carbocycles. The average Bonchev–Trinajstić information content (AvgIpc) is 2.54. The van der Waals surface area contributed by atoms with E-state index in [4.69, 9.17) is 9.84 Å². The summed E-state index contributed by atoms with van der Waals surface area (Å²) in [5, 5.41) is 10.0. The molecule has 1 aromatic heterocycles. The van der Waals surface area contributed by atoms with E-state index in [0.717, 1.165) is 22.3 Å². The molecule has 3 rings (SSSR count). The molecule has 2 aromatic rings. The largest absolute Gasteiger partial charge is 0.495 e. The highest BCUT2D eigenvalue weighted by molar-refractivity contribution is 5.83. The Labute approximate surface area is 122 Å². The number of piperazine rings is 1. The molecule has 0 radical (unpaired) electrons. The quantitative estimate of drug-likeness (QED) is 0.915. The molecule has 6 heteroatoms. The number of methoxy groups -OCH3 is 1. The molecule has 0 unspecified atom stereocenters. The molecule has 0 spiro atoms. The van der Waals surface area contributed by atoms with Crippen molar-refractivity contribution in [2.75, 3.05) is 38.2 Å². The number of nitrogens with zero attached hydrogens (tertiary/aromatic N) is 3. The second-order valence-corrected chi connectivity index (χ2v) is 5.01. The highest BCUT2D eigenvalue weighted by atomic mass is 16.5. The van der Waals surface area contributed by atoms with Crippen LogP contribution in [0.2, 0.25) is 0 Å². The van der Waals surface area contributed by atoms with Gasteiger partial charge in [0.15, 0.2) is 0 Å². The third-order valence-corrected chi connectivity index (χ3v) is 3.79. The molecule has 1 amide bonds. The Morgan fingerprint density at radius 1 is 1.24 bits per heavy atom. The summed E-state index contributed by atoms with van der Waals surface area (Å²) < 4.78 is 5.17. The predicted molar refractivity (Wildman–Crippen MR) is 80.1 cm³/mol. The number of anilines is 1. The normalized spacial score (nSPS) is 15.3. The molecular formula is C15H17N3O3. The molecule has 1 aliphatic heterocycles. The van der Waals surface area contributed by atoms with Gasteiger partial charge >= 0.3 is 6.09 Å². The number of ether oxygens (including phenoxy) is 1. The van der Waals surface area contributed by atoms with Crippen molar-refractivity contribution in [2.24, 2.45) is 0 Å². The van der Waals surface area contributed by atoms with Gasteiger partial charge in [-0.25, -0.2) is 4.79 Å². The van der Waals surface area contributed by atoms with Gasteiger partial charge in [-0.3, -0.25) is 4.98 Å². The van der Waals surface area contributed by atoms with E-state index in [-0.39, 0.29) is 0 Å². The fourth-order valence-electron chi connectivity index (χ4n) is 2.55. The van der Waals surface area contributed by atoms with Gasteiger partial charge in [-0.2, -0.15) is 0 Å². The van der Waals surface area contributed by atoms with Crippen LogP contribution in [0.15, 0.2) is 30.5 Å². The molecule has 110 valence electrons. The summed E-state index contributed by atoms with van der Waals surface area (Å²) in [4.78, 5) is 18.9. The minimum Gasteiger partial charge on any atom is -0.495 e. The molecule has 0 bridgehead atoms. The number of hydrogen-bond acceptors (Lipinski definition) is 4. The molecule has 1 aliphatic rings. The number of rotatable bonds is 2. The highest BCUT2D eigenvalue weighted by Crippen LogP contribution is 2.24. The Kier molecular flexibility index (Phi) is 3.51. The van der Waals surface area contributed by atoms with E-state index in [1.165, 1.54) is 4.90 Å². The van der Waals surface area contributed by atoms with Crippen molar-refractivity contribution in [2.45, 2.75) is 0 Å². The van der Waals surface area contributed by atoms with Crippen LogP contribution in [0.4, 0.5) is 10.5 Å². The van der Waals surface area contributed by atoms with Gasteiger partial charge < -0.3 is 19.6 Å². The Balaban J connectivity index is 1.80. The minimum atomic E-state index is -0.845. The van der Waals surface area contributed by atoms with Crippen molar-refractivity contribution >= 4 is 22.7 Å². The highest BCUT2D eigenvalue weighted by Gasteiger charge is 2.20. The Hall–Kier alpha value is -2.50. The summed E-state index contributed by atoms with van der Waals surface area (Å²) in [6.45, 7) is 2.47. The molecule has 6 nitrogen and oxygen atoms in total. The topological polar surface area (TPSA) is 65.9 Å². The molecule has 1 saturated heterocycles. The van der Waals surface area contributed by atoms with Gasteiger partial charge in [0, 0.05) is 37.3 Å². The van der Waals surface area contributed by atoms with Gasteiger partial charge in [-0.1, -0.05) is 6.07 Å². The number of benzene rings is 1. The van der Waals surface area contributed by atoms with E-state index in [9.17, 15) is 4.79 Å². The molecular weight excluding hydrogens is 270 g/mol. The second-order valence-electron chi connectivity index (χ2n) is 5.01. The molecule has 2 heterocycles. The van der Waals surface area contributed by atoms with Crippen LogP contribution in [0.1, 0.15) is 0 Å². The SMILES string of the molecule is COc1cnc2cc(N3CCN(C(=O)O)CC3)ccc2c1. The third kappa shape index (κ3) is 2.69. The molecule has 0 aliphatic carbocycles. The van der Waals surface area contributed by atoms with Crippen molar-refractivity contribution in [1.29, 1.82) is 0 Å². The predicted octanol–water partition coefficient (Wildman–Crippen LogP) is 2.04. The van der Waals surface area contributed by atoms with Crippen LogP contribution in [0.25, 0.3) is 10.9 Å². The number of hydrogen-bond donors (Lipinski definition) is 1. The zero-order valence-corrected chi connectivity index (χ0v) is 11.8. The van der Waals surface area contributed by atoms with Gasteiger partial charge in [-0.05, 0) is 18.2 Å². The van der Waals surface area contributed by atoms with Gasteiger partial charge in [0.05, 0.1) is 18.8 Å². The van der Waals surface area contributed by atoms with Crippen LogP contribution in [0.3, 0.4) is 0 Å². The third-order valence-electron chi connectivity index (χ3n) is 3.79. The van der Waals surface area contributed by atoms with Crippen LogP contribution < -0.4 is 9.64 Å². The summed E-state index contributed by atoms with van der Waals surface area (Å²) in [6, 6.07) is 8.04. The first-order valence-electron chi connectivity index (χ1n) is 6.84. The first-order chi connectivity index (χ1) is 10.2. The fraction of sp³-hybridized carbons (Fsp3) is 0.333. The Bertz CT molecular complexity index is 666. The molecule has 1 aromatic carbocycles. The summed E-state index contributed by atoms with van der Waals surface area (Å²) in [5.74, 6) is 0.741. The van der Waals surface area contributed by atoms with Crippen molar-refractivity contribution in [3.05, 3.63) is 30.5 Å². The van der Waals surface area contributed by atoms with E-state index in [2.05, 4.69) is 9.88 Å².